The quantitative estimate of drug-likeness (QED) is 0.855. The summed E-state index contributed by atoms with van der Waals surface area (Å²) in [6, 6.07) is 9.36. The van der Waals surface area contributed by atoms with E-state index in [1.165, 1.54) is 6.07 Å². The number of aliphatic hydroxyl groups excluding tert-OH is 1. The third-order valence-electron chi connectivity index (χ3n) is 3.00. The van der Waals surface area contributed by atoms with Crippen LogP contribution in [0.25, 0.3) is 0 Å². The smallest absolute Gasteiger partial charge is 0.132 e. The second-order valence-corrected chi connectivity index (χ2v) is 5.18. The van der Waals surface area contributed by atoms with Crippen LogP contribution >= 0.6 is 11.8 Å². The van der Waals surface area contributed by atoms with Crippen LogP contribution in [0.2, 0.25) is 0 Å². The van der Waals surface area contributed by atoms with Crippen LogP contribution in [-0.4, -0.2) is 11.4 Å². The minimum atomic E-state index is -1.09. The van der Waals surface area contributed by atoms with Crippen LogP contribution in [0.3, 0.4) is 0 Å². The number of aryl methyl sites for hydroxylation is 1. The Morgan fingerprint density at radius 3 is 2.26 bits per heavy atom. The predicted octanol–water partition coefficient (Wildman–Crippen LogP) is 4.08. The Morgan fingerprint density at radius 1 is 1.05 bits per heavy atom. The molecule has 0 saturated heterocycles. The summed E-state index contributed by atoms with van der Waals surface area (Å²) in [6.45, 7) is 1.54. The lowest BCUT2D eigenvalue weighted by Gasteiger charge is -2.14. The largest absolute Gasteiger partial charge is 0.384 e. The van der Waals surface area contributed by atoms with Crippen molar-refractivity contribution in [1.82, 2.24) is 0 Å². The van der Waals surface area contributed by atoms with E-state index < -0.39 is 17.7 Å². The van der Waals surface area contributed by atoms with Crippen molar-refractivity contribution in [1.29, 1.82) is 0 Å². The van der Waals surface area contributed by atoms with E-state index >= 15 is 0 Å². The highest BCUT2D eigenvalue weighted by molar-refractivity contribution is 7.98. The number of aliphatic hydroxyl groups is 1. The molecule has 1 atom stereocenters. The highest BCUT2D eigenvalue weighted by Gasteiger charge is 2.17. The zero-order valence-electron chi connectivity index (χ0n) is 10.7. The Kier molecular flexibility index (Phi) is 4.22. The molecule has 0 saturated carbocycles. The Bertz CT molecular complexity index is 581. The molecule has 0 amide bonds. The van der Waals surface area contributed by atoms with E-state index in [9.17, 15) is 13.9 Å². The Balaban J connectivity index is 2.37. The van der Waals surface area contributed by atoms with Crippen molar-refractivity contribution in [2.45, 2.75) is 17.9 Å². The average Bonchev–Trinajstić information content (AvgIpc) is 2.42. The van der Waals surface area contributed by atoms with Crippen molar-refractivity contribution in [3.8, 4) is 0 Å². The summed E-state index contributed by atoms with van der Waals surface area (Å²) >= 11 is 1.59. The summed E-state index contributed by atoms with van der Waals surface area (Å²) in [5.41, 5.74) is 0.995. The third kappa shape index (κ3) is 2.96. The van der Waals surface area contributed by atoms with Crippen LogP contribution < -0.4 is 0 Å². The van der Waals surface area contributed by atoms with Gasteiger partial charge in [0.25, 0.3) is 0 Å². The summed E-state index contributed by atoms with van der Waals surface area (Å²) in [7, 11) is 0. The highest BCUT2D eigenvalue weighted by atomic mass is 32.2. The van der Waals surface area contributed by atoms with Crippen molar-refractivity contribution in [3.63, 3.8) is 0 Å². The molecule has 0 aliphatic heterocycles. The van der Waals surface area contributed by atoms with Gasteiger partial charge in [-0.1, -0.05) is 12.1 Å². The molecule has 2 aromatic carbocycles. The Labute approximate surface area is 115 Å². The first-order chi connectivity index (χ1) is 9.02. The number of hydrogen-bond acceptors (Lipinski definition) is 2. The summed E-state index contributed by atoms with van der Waals surface area (Å²) in [6.07, 6.45) is 0.865. The van der Waals surface area contributed by atoms with Crippen LogP contribution in [0.1, 0.15) is 22.8 Å². The minimum absolute atomic E-state index is 0.0933. The number of halogens is 2. The van der Waals surface area contributed by atoms with Crippen LogP contribution in [0.4, 0.5) is 8.78 Å². The first-order valence-electron chi connectivity index (χ1n) is 5.80. The molecule has 2 aromatic rings. The van der Waals surface area contributed by atoms with E-state index in [-0.39, 0.29) is 5.56 Å². The molecule has 0 aromatic heterocycles. The number of rotatable bonds is 3. The van der Waals surface area contributed by atoms with Crippen molar-refractivity contribution in [3.05, 3.63) is 64.7 Å². The van der Waals surface area contributed by atoms with Gasteiger partial charge in [0.1, 0.15) is 17.7 Å². The van der Waals surface area contributed by atoms with Gasteiger partial charge < -0.3 is 5.11 Å². The highest BCUT2D eigenvalue weighted by Crippen LogP contribution is 2.27. The Hall–Kier alpha value is -1.39. The summed E-state index contributed by atoms with van der Waals surface area (Å²) in [5, 5.41) is 10.2. The standard InChI is InChI=1S/C15H14F2OS/c1-9-7-12(14(17)8-13(9)16)15(18)10-3-5-11(19-2)6-4-10/h3-8,15,18H,1-2H3. The van der Waals surface area contributed by atoms with Gasteiger partial charge in [0.15, 0.2) is 0 Å². The van der Waals surface area contributed by atoms with Gasteiger partial charge in [-0.3, -0.25) is 0 Å². The van der Waals surface area contributed by atoms with Gasteiger partial charge in [-0.15, -0.1) is 11.8 Å². The van der Waals surface area contributed by atoms with E-state index in [1.54, 1.807) is 30.8 Å². The van der Waals surface area contributed by atoms with Crippen molar-refractivity contribution in [2.75, 3.05) is 6.26 Å². The maximum atomic E-state index is 13.7. The fourth-order valence-corrected chi connectivity index (χ4v) is 2.26. The minimum Gasteiger partial charge on any atom is -0.384 e. The SMILES string of the molecule is CSc1ccc(C(O)c2cc(C)c(F)cc2F)cc1. The van der Waals surface area contributed by atoms with Crippen molar-refractivity contribution >= 4 is 11.8 Å². The molecule has 1 nitrogen and oxygen atoms in total. The van der Waals surface area contributed by atoms with E-state index in [4.69, 9.17) is 0 Å². The molecule has 1 unspecified atom stereocenters. The van der Waals surface area contributed by atoms with Gasteiger partial charge in [-0.25, -0.2) is 8.78 Å². The van der Waals surface area contributed by atoms with Crippen molar-refractivity contribution in [2.24, 2.45) is 0 Å². The van der Waals surface area contributed by atoms with E-state index in [1.807, 2.05) is 18.4 Å². The molecule has 0 aliphatic carbocycles. The number of thioether (sulfide) groups is 1. The maximum Gasteiger partial charge on any atom is 0.132 e. The number of benzene rings is 2. The molecule has 0 fully saturated rings. The number of hydrogen-bond donors (Lipinski definition) is 1. The topological polar surface area (TPSA) is 20.2 Å². The second kappa shape index (κ2) is 5.72. The van der Waals surface area contributed by atoms with Gasteiger partial charge >= 0.3 is 0 Å². The Morgan fingerprint density at radius 2 is 1.68 bits per heavy atom. The zero-order chi connectivity index (χ0) is 14.0. The molecule has 2 rings (SSSR count). The zero-order valence-corrected chi connectivity index (χ0v) is 11.5. The first-order valence-corrected chi connectivity index (χ1v) is 7.03. The third-order valence-corrected chi connectivity index (χ3v) is 3.75. The lowest BCUT2D eigenvalue weighted by molar-refractivity contribution is 0.214. The first kappa shape index (κ1) is 14.0. The normalized spacial score (nSPS) is 12.5. The monoisotopic (exact) mass is 280 g/mol. The molecule has 0 spiro atoms. The van der Waals surface area contributed by atoms with Gasteiger partial charge in [-0.2, -0.15) is 0 Å². The lowest BCUT2D eigenvalue weighted by Crippen LogP contribution is -2.04. The molecule has 4 heteroatoms. The average molecular weight is 280 g/mol. The molecule has 100 valence electrons. The molecule has 0 heterocycles. The summed E-state index contributed by atoms with van der Waals surface area (Å²) < 4.78 is 26.9. The van der Waals surface area contributed by atoms with Gasteiger partial charge in [0, 0.05) is 16.5 Å². The molecular formula is C15H14F2OS. The fraction of sp³-hybridized carbons (Fsp3) is 0.200. The summed E-state index contributed by atoms with van der Waals surface area (Å²) in [4.78, 5) is 1.06. The van der Waals surface area contributed by atoms with Crippen LogP contribution in [0.5, 0.6) is 0 Å². The molecule has 0 radical (unpaired) electrons. The molecule has 1 N–H and O–H groups in total. The molecule has 19 heavy (non-hydrogen) atoms. The lowest BCUT2D eigenvalue weighted by atomic mass is 9.99. The molecule has 0 bridgehead atoms. The maximum absolute atomic E-state index is 13.7. The summed E-state index contributed by atoms with van der Waals surface area (Å²) in [5.74, 6) is -1.34. The van der Waals surface area contributed by atoms with E-state index in [0.717, 1.165) is 11.0 Å². The van der Waals surface area contributed by atoms with E-state index in [2.05, 4.69) is 0 Å². The van der Waals surface area contributed by atoms with Crippen LogP contribution in [-0.2, 0) is 0 Å². The molecule has 0 aliphatic rings. The molecular weight excluding hydrogens is 266 g/mol. The second-order valence-electron chi connectivity index (χ2n) is 4.30. The van der Waals surface area contributed by atoms with Gasteiger partial charge in [0.05, 0.1) is 0 Å². The van der Waals surface area contributed by atoms with E-state index in [0.29, 0.717) is 11.1 Å². The van der Waals surface area contributed by atoms with Crippen LogP contribution in [0.15, 0.2) is 41.3 Å². The fourth-order valence-electron chi connectivity index (χ4n) is 1.85. The predicted molar refractivity (Wildman–Crippen MR) is 73.4 cm³/mol. The van der Waals surface area contributed by atoms with Gasteiger partial charge in [-0.05, 0) is 42.5 Å². The van der Waals surface area contributed by atoms with Crippen molar-refractivity contribution < 1.29 is 13.9 Å². The van der Waals surface area contributed by atoms with Crippen LogP contribution in [0, 0.1) is 18.6 Å². The van der Waals surface area contributed by atoms with Gasteiger partial charge in [0.2, 0.25) is 0 Å².